The van der Waals surface area contributed by atoms with Gasteiger partial charge in [-0.2, -0.15) is 0 Å². The Balaban J connectivity index is 2.01. The van der Waals surface area contributed by atoms with E-state index in [0.29, 0.717) is 10.7 Å². The summed E-state index contributed by atoms with van der Waals surface area (Å²) < 4.78 is 0. The molecule has 2 aromatic carbocycles. The highest BCUT2D eigenvalue weighted by Crippen LogP contribution is 2.32. The average molecular weight is 274 g/mol. The number of halogens is 1. The Hall–Kier alpha value is -2.00. The summed E-state index contributed by atoms with van der Waals surface area (Å²) in [6.07, 6.45) is 0. The molecule has 1 aliphatic rings. The molecule has 3 rings (SSSR count). The summed E-state index contributed by atoms with van der Waals surface area (Å²) in [6.45, 7) is 1.44. The molecule has 4 heteroatoms. The van der Waals surface area contributed by atoms with Crippen molar-refractivity contribution >= 4 is 23.3 Å². The Morgan fingerprint density at radius 3 is 2.32 bits per heavy atom. The number of carbonyl (C=O) groups is 1. The van der Waals surface area contributed by atoms with Crippen molar-refractivity contribution in [1.82, 2.24) is 0 Å². The smallest absolute Gasteiger partial charge is 0.337 e. The second kappa shape index (κ2) is 4.59. The van der Waals surface area contributed by atoms with Crippen molar-refractivity contribution in [3.05, 3.63) is 64.2 Å². The topological polar surface area (TPSA) is 40.5 Å². The van der Waals surface area contributed by atoms with Crippen LogP contribution in [0.5, 0.6) is 0 Å². The van der Waals surface area contributed by atoms with Crippen molar-refractivity contribution in [3.63, 3.8) is 0 Å². The lowest BCUT2D eigenvalue weighted by atomic mass is 10.1. The van der Waals surface area contributed by atoms with Crippen molar-refractivity contribution in [1.29, 1.82) is 0 Å². The van der Waals surface area contributed by atoms with Crippen LogP contribution >= 0.6 is 11.6 Å². The van der Waals surface area contributed by atoms with E-state index in [2.05, 4.69) is 12.1 Å². The molecule has 0 bridgehead atoms. The molecule has 0 unspecified atom stereocenters. The molecule has 2 aromatic rings. The molecule has 0 amide bonds. The van der Waals surface area contributed by atoms with Gasteiger partial charge >= 0.3 is 5.97 Å². The van der Waals surface area contributed by atoms with Crippen molar-refractivity contribution in [2.45, 2.75) is 13.1 Å². The lowest BCUT2D eigenvalue weighted by Crippen LogP contribution is -2.18. The van der Waals surface area contributed by atoms with E-state index in [4.69, 9.17) is 11.6 Å². The molecule has 0 radical (unpaired) electrons. The van der Waals surface area contributed by atoms with Crippen LogP contribution in [-0.2, 0) is 13.1 Å². The molecule has 0 saturated carbocycles. The maximum Gasteiger partial charge on any atom is 0.337 e. The lowest BCUT2D eigenvalue weighted by molar-refractivity contribution is 0.0697. The minimum absolute atomic E-state index is 0.289. The molecular weight excluding hydrogens is 262 g/mol. The molecule has 0 fully saturated rings. The van der Waals surface area contributed by atoms with Crippen LogP contribution in [0.2, 0.25) is 5.02 Å². The summed E-state index contributed by atoms with van der Waals surface area (Å²) >= 11 is 5.99. The number of hydrogen-bond donors (Lipinski definition) is 1. The van der Waals surface area contributed by atoms with Crippen LogP contribution in [0.1, 0.15) is 21.5 Å². The van der Waals surface area contributed by atoms with Crippen LogP contribution in [0.3, 0.4) is 0 Å². The standard InChI is InChI=1S/C15H12ClNO2/c16-12-5-6-13(15(18)19)14(7-12)17-8-10-3-1-2-4-11(10)9-17/h1-7H,8-9H2,(H,18,19). The number of carboxylic acids is 1. The Morgan fingerprint density at radius 2 is 1.74 bits per heavy atom. The fraction of sp³-hybridized carbons (Fsp3) is 0.133. The van der Waals surface area contributed by atoms with E-state index in [9.17, 15) is 9.90 Å². The molecular formula is C15H12ClNO2. The molecule has 96 valence electrons. The van der Waals surface area contributed by atoms with Crippen molar-refractivity contribution in [2.75, 3.05) is 4.90 Å². The monoisotopic (exact) mass is 273 g/mol. The third-order valence-electron chi connectivity index (χ3n) is 3.37. The Kier molecular flexibility index (Phi) is 2.91. The van der Waals surface area contributed by atoms with E-state index in [-0.39, 0.29) is 5.56 Å². The second-order valence-electron chi connectivity index (χ2n) is 4.59. The van der Waals surface area contributed by atoms with Gasteiger partial charge in [0.2, 0.25) is 0 Å². The highest BCUT2D eigenvalue weighted by atomic mass is 35.5. The third-order valence-corrected chi connectivity index (χ3v) is 3.61. The largest absolute Gasteiger partial charge is 0.478 e. The van der Waals surface area contributed by atoms with Gasteiger partial charge in [0.1, 0.15) is 0 Å². The van der Waals surface area contributed by atoms with Crippen molar-refractivity contribution in [3.8, 4) is 0 Å². The molecule has 1 heterocycles. The number of rotatable bonds is 2. The van der Waals surface area contributed by atoms with Crippen molar-refractivity contribution < 1.29 is 9.90 Å². The van der Waals surface area contributed by atoms with E-state index in [1.807, 2.05) is 17.0 Å². The number of carboxylic acid groups (broad SMARTS) is 1. The first-order valence-corrected chi connectivity index (χ1v) is 6.37. The molecule has 3 nitrogen and oxygen atoms in total. The number of hydrogen-bond acceptors (Lipinski definition) is 2. The quantitative estimate of drug-likeness (QED) is 0.909. The zero-order valence-corrected chi connectivity index (χ0v) is 10.9. The number of nitrogens with zero attached hydrogens (tertiary/aromatic N) is 1. The van der Waals surface area contributed by atoms with Crippen LogP contribution in [0.4, 0.5) is 5.69 Å². The number of benzene rings is 2. The van der Waals surface area contributed by atoms with Gasteiger partial charge in [-0.1, -0.05) is 35.9 Å². The van der Waals surface area contributed by atoms with Gasteiger partial charge in [-0.25, -0.2) is 4.79 Å². The van der Waals surface area contributed by atoms with Gasteiger partial charge in [-0.15, -0.1) is 0 Å². The molecule has 0 saturated heterocycles. The Morgan fingerprint density at radius 1 is 1.11 bits per heavy atom. The minimum atomic E-state index is -0.928. The van der Waals surface area contributed by atoms with Crippen LogP contribution in [0.25, 0.3) is 0 Å². The van der Waals surface area contributed by atoms with E-state index in [0.717, 1.165) is 13.1 Å². The average Bonchev–Trinajstić information content (AvgIpc) is 2.81. The predicted octanol–water partition coefficient (Wildman–Crippen LogP) is 3.56. The van der Waals surface area contributed by atoms with Crippen LogP contribution in [0.15, 0.2) is 42.5 Å². The summed E-state index contributed by atoms with van der Waals surface area (Å²) in [6, 6.07) is 13.0. The fourth-order valence-electron chi connectivity index (χ4n) is 2.45. The Bertz CT molecular complexity index is 629. The van der Waals surface area contributed by atoms with Crippen LogP contribution in [0, 0.1) is 0 Å². The van der Waals surface area contributed by atoms with Gasteiger partial charge in [-0.05, 0) is 29.3 Å². The maximum atomic E-state index is 11.3. The number of fused-ring (bicyclic) bond motifs is 1. The minimum Gasteiger partial charge on any atom is -0.478 e. The summed E-state index contributed by atoms with van der Waals surface area (Å²) in [5, 5.41) is 9.82. The molecule has 0 aromatic heterocycles. The molecule has 0 atom stereocenters. The van der Waals surface area contributed by atoms with Gasteiger partial charge in [0.25, 0.3) is 0 Å². The lowest BCUT2D eigenvalue weighted by Gasteiger charge is -2.20. The van der Waals surface area contributed by atoms with Gasteiger partial charge in [0.15, 0.2) is 0 Å². The summed E-state index contributed by atoms with van der Waals surface area (Å²) in [5.41, 5.74) is 3.44. The van der Waals surface area contributed by atoms with Gasteiger partial charge in [0.05, 0.1) is 11.3 Å². The highest BCUT2D eigenvalue weighted by Gasteiger charge is 2.23. The molecule has 0 spiro atoms. The predicted molar refractivity (Wildman–Crippen MR) is 74.7 cm³/mol. The third kappa shape index (κ3) is 2.17. The Labute approximate surface area is 116 Å². The summed E-state index contributed by atoms with van der Waals surface area (Å²) in [5.74, 6) is -0.928. The molecule has 1 N–H and O–H groups in total. The van der Waals surface area contributed by atoms with Gasteiger partial charge in [0, 0.05) is 18.1 Å². The molecule has 1 aliphatic heterocycles. The van der Waals surface area contributed by atoms with E-state index in [1.165, 1.54) is 11.1 Å². The van der Waals surface area contributed by atoms with Gasteiger partial charge < -0.3 is 10.0 Å². The van der Waals surface area contributed by atoms with Crippen LogP contribution in [-0.4, -0.2) is 11.1 Å². The highest BCUT2D eigenvalue weighted by molar-refractivity contribution is 6.31. The zero-order valence-electron chi connectivity index (χ0n) is 10.1. The van der Waals surface area contributed by atoms with Gasteiger partial charge in [-0.3, -0.25) is 0 Å². The molecule has 0 aliphatic carbocycles. The zero-order chi connectivity index (χ0) is 13.4. The normalized spacial score (nSPS) is 13.4. The summed E-state index contributed by atoms with van der Waals surface area (Å²) in [7, 11) is 0. The van der Waals surface area contributed by atoms with Crippen LogP contribution < -0.4 is 4.90 Å². The first-order chi connectivity index (χ1) is 9.15. The fourth-order valence-corrected chi connectivity index (χ4v) is 2.62. The maximum absolute atomic E-state index is 11.3. The first-order valence-electron chi connectivity index (χ1n) is 6.00. The SMILES string of the molecule is O=C(O)c1ccc(Cl)cc1N1Cc2ccccc2C1. The van der Waals surface area contributed by atoms with E-state index in [1.54, 1.807) is 18.2 Å². The number of aromatic carboxylic acids is 1. The van der Waals surface area contributed by atoms with Crippen molar-refractivity contribution in [2.24, 2.45) is 0 Å². The van der Waals surface area contributed by atoms with E-state index >= 15 is 0 Å². The first kappa shape index (κ1) is 12.1. The summed E-state index contributed by atoms with van der Waals surface area (Å²) in [4.78, 5) is 13.3. The van der Waals surface area contributed by atoms with E-state index < -0.39 is 5.97 Å². The number of anilines is 1. The second-order valence-corrected chi connectivity index (χ2v) is 5.03. The molecule has 19 heavy (non-hydrogen) atoms.